The molecular weight excluding hydrogens is 176 g/mol. The number of alkyl halides is 2. The van der Waals surface area contributed by atoms with Crippen LogP contribution in [0.2, 0.25) is 0 Å². The molecule has 76 valence electrons. The van der Waals surface area contributed by atoms with Gasteiger partial charge in [0.2, 0.25) is 0 Å². The molecule has 13 heavy (non-hydrogen) atoms. The fraction of sp³-hybridized carbons (Fsp3) is 0.750. The summed E-state index contributed by atoms with van der Waals surface area (Å²) in [5.74, 6) is -2.60. The summed E-state index contributed by atoms with van der Waals surface area (Å²) in [6, 6.07) is -0.234. The van der Waals surface area contributed by atoms with Crippen molar-refractivity contribution in [1.82, 2.24) is 10.6 Å². The van der Waals surface area contributed by atoms with Gasteiger partial charge in [-0.15, -0.1) is 0 Å². The van der Waals surface area contributed by atoms with Crippen molar-refractivity contribution in [2.45, 2.75) is 25.3 Å². The Hall–Kier alpha value is -0.840. The number of nitrogens with one attached hydrogen (secondary N) is 2. The molecule has 0 aromatic rings. The van der Waals surface area contributed by atoms with E-state index in [1.54, 1.807) is 13.1 Å². The second kappa shape index (κ2) is 3.91. The van der Waals surface area contributed by atoms with Crippen LogP contribution in [0.4, 0.5) is 8.78 Å². The highest BCUT2D eigenvalue weighted by Gasteiger charge is 2.35. The van der Waals surface area contributed by atoms with E-state index in [-0.39, 0.29) is 19.0 Å². The van der Waals surface area contributed by atoms with Crippen molar-refractivity contribution >= 4 is 0 Å². The molecule has 0 aromatic carbocycles. The quantitative estimate of drug-likeness (QED) is 0.592. The third kappa shape index (κ3) is 3.59. The van der Waals surface area contributed by atoms with Crippen LogP contribution in [0.15, 0.2) is 11.9 Å². The molecule has 0 aliphatic carbocycles. The number of halogens is 2. The standard InChI is InChI=1S/C8H15F2N3/c1-6(11)3-13-7-2-8(9,10)5-12-4-7/h3,7,12-13H,2,4-5,11H2,1H3/b6-3-. The van der Waals surface area contributed by atoms with E-state index < -0.39 is 5.92 Å². The minimum absolute atomic E-state index is 0.135. The predicted molar refractivity (Wildman–Crippen MR) is 47.3 cm³/mol. The Labute approximate surface area is 76.4 Å². The fourth-order valence-electron chi connectivity index (χ4n) is 1.30. The van der Waals surface area contributed by atoms with Crippen LogP contribution < -0.4 is 16.4 Å². The smallest absolute Gasteiger partial charge is 0.262 e. The zero-order valence-electron chi connectivity index (χ0n) is 7.61. The third-order valence-electron chi connectivity index (χ3n) is 1.87. The van der Waals surface area contributed by atoms with E-state index in [0.29, 0.717) is 12.2 Å². The molecule has 1 atom stereocenters. The molecule has 1 heterocycles. The molecule has 4 N–H and O–H groups in total. The maximum absolute atomic E-state index is 12.8. The molecule has 1 aliphatic rings. The summed E-state index contributed by atoms with van der Waals surface area (Å²) < 4.78 is 25.6. The van der Waals surface area contributed by atoms with E-state index in [4.69, 9.17) is 5.73 Å². The minimum Gasteiger partial charge on any atom is -0.401 e. The van der Waals surface area contributed by atoms with Gasteiger partial charge < -0.3 is 16.4 Å². The van der Waals surface area contributed by atoms with Gasteiger partial charge in [0.15, 0.2) is 0 Å². The lowest BCUT2D eigenvalue weighted by atomic mass is 10.0. The summed E-state index contributed by atoms with van der Waals surface area (Å²) in [4.78, 5) is 0. The maximum atomic E-state index is 12.8. The van der Waals surface area contributed by atoms with Crippen LogP contribution in [0.3, 0.4) is 0 Å². The Balaban J connectivity index is 2.39. The van der Waals surface area contributed by atoms with Crippen LogP contribution >= 0.6 is 0 Å². The Morgan fingerprint density at radius 1 is 1.69 bits per heavy atom. The molecule has 1 unspecified atom stereocenters. The van der Waals surface area contributed by atoms with Crippen molar-refractivity contribution in [3.8, 4) is 0 Å². The molecule has 0 amide bonds. The zero-order chi connectivity index (χ0) is 9.90. The Morgan fingerprint density at radius 2 is 2.38 bits per heavy atom. The molecule has 1 aliphatic heterocycles. The highest BCUT2D eigenvalue weighted by Crippen LogP contribution is 2.22. The summed E-state index contributed by atoms with van der Waals surface area (Å²) in [7, 11) is 0. The second-order valence-corrected chi connectivity index (χ2v) is 3.44. The van der Waals surface area contributed by atoms with Gasteiger partial charge in [0.05, 0.1) is 6.54 Å². The first-order valence-electron chi connectivity index (χ1n) is 4.26. The first kappa shape index (κ1) is 10.2. The largest absolute Gasteiger partial charge is 0.401 e. The highest BCUT2D eigenvalue weighted by molar-refractivity contribution is 4.94. The molecule has 1 saturated heterocycles. The van der Waals surface area contributed by atoms with Gasteiger partial charge in [-0.3, -0.25) is 0 Å². The van der Waals surface area contributed by atoms with Gasteiger partial charge in [0.1, 0.15) is 0 Å². The lowest BCUT2D eigenvalue weighted by molar-refractivity contribution is -0.0296. The number of nitrogens with two attached hydrogens (primary N) is 1. The molecule has 0 radical (unpaired) electrons. The molecule has 0 bridgehead atoms. The average Bonchev–Trinajstić information content (AvgIpc) is 1.99. The highest BCUT2D eigenvalue weighted by atomic mass is 19.3. The van der Waals surface area contributed by atoms with Crippen molar-refractivity contribution in [3.05, 3.63) is 11.9 Å². The summed E-state index contributed by atoms with van der Waals surface area (Å²) in [6.07, 6.45) is 1.43. The van der Waals surface area contributed by atoms with Gasteiger partial charge in [-0.2, -0.15) is 0 Å². The van der Waals surface area contributed by atoms with E-state index in [0.717, 1.165) is 0 Å². The van der Waals surface area contributed by atoms with Gasteiger partial charge in [-0.1, -0.05) is 0 Å². The van der Waals surface area contributed by atoms with Crippen LogP contribution in [0.1, 0.15) is 13.3 Å². The van der Waals surface area contributed by atoms with E-state index >= 15 is 0 Å². The molecule has 3 nitrogen and oxygen atoms in total. The molecule has 0 spiro atoms. The molecule has 5 heteroatoms. The van der Waals surface area contributed by atoms with Gasteiger partial charge >= 0.3 is 0 Å². The lowest BCUT2D eigenvalue weighted by Crippen LogP contribution is -2.51. The molecule has 1 fully saturated rings. The van der Waals surface area contributed by atoms with Crippen LogP contribution in [0, 0.1) is 0 Å². The van der Waals surface area contributed by atoms with Gasteiger partial charge in [0, 0.05) is 30.9 Å². The maximum Gasteiger partial charge on any atom is 0.262 e. The summed E-state index contributed by atoms with van der Waals surface area (Å²) >= 11 is 0. The number of hydrogen-bond acceptors (Lipinski definition) is 3. The SMILES string of the molecule is C/C(N)=C/NC1CNCC(F)(F)C1. The lowest BCUT2D eigenvalue weighted by Gasteiger charge is -2.29. The van der Waals surface area contributed by atoms with Crippen LogP contribution in [0.5, 0.6) is 0 Å². The van der Waals surface area contributed by atoms with Crippen LogP contribution in [-0.2, 0) is 0 Å². The summed E-state index contributed by atoms with van der Waals surface area (Å²) in [5, 5.41) is 5.51. The first-order chi connectivity index (χ1) is 5.99. The van der Waals surface area contributed by atoms with E-state index in [1.807, 2.05) is 0 Å². The minimum atomic E-state index is -2.60. The van der Waals surface area contributed by atoms with Gasteiger partial charge in [0.25, 0.3) is 5.92 Å². The topological polar surface area (TPSA) is 50.1 Å². The third-order valence-corrected chi connectivity index (χ3v) is 1.87. The molecular formula is C8H15F2N3. The van der Waals surface area contributed by atoms with E-state index in [9.17, 15) is 8.78 Å². The molecule has 1 rings (SSSR count). The van der Waals surface area contributed by atoms with Gasteiger partial charge in [-0.25, -0.2) is 8.78 Å². The summed E-state index contributed by atoms with van der Waals surface area (Å²) in [6.45, 7) is 2.04. The Kier molecular flexibility index (Phi) is 3.08. The van der Waals surface area contributed by atoms with Crippen LogP contribution in [0.25, 0.3) is 0 Å². The van der Waals surface area contributed by atoms with Crippen molar-refractivity contribution in [2.24, 2.45) is 5.73 Å². The van der Waals surface area contributed by atoms with Crippen LogP contribution in [-0.4, -0.2) is 25.1 Å². The monoisotopic (exact) mass is 191 g/mol. The number of allylic oxidation sites excluding steroid dienone is 1. The van der Waals surface area contributed by atoms with Gasteiger partial charge in [-0.05, 0) is 6.92 Å². The molecule has 0 aromatic heterocycles. The van der Waals surface area contributed by atoms with Crippen molar-refractivity contribution in [3.63, 3.8) is 0 Å². The Bertz CT molecular complexity index is 200. The van der Waals surface area contributed by atoms with Crippen molar-refractivity contribution in [2.75, 3.05) is 13.1 Å². The predicted octanol–water partition coefficient (Wildman–Crippen LogP) is 0.393. The number of hydrogen-bond donors (Lipinski definition) is 3. The van der Waals surface area contributed by atoms with E-state index in [2.05, 4.69) is 10.6 Å². The van der Waals surface area contributed by atoms with Crippen molar-refractivity contribution in [1.29, 1.82) is 0 Å². The molecule has 0 saturated carbocycles. The average molecular weight is 191 g/mol. The fourth-order valence-corrected chi connectivity index (χ4v) is 1.30. The number of rotatable bonds is 2. The normalized spacial score (nSPS) is 28.5. The second-order valence-electron chi connectivity index (χ2n) is 3.44. The Morgan fingerprint density at radius 3 is 2.92 bits per heavy atom. The summed E-state index contributed by atoms with van der Waals surface area (Å²) in [5.41, 5.74) is 5.96. The van der Waals surface area contributed by atoms with Crippen molar-refractivity contribution < 1.29 is 8.78 Å². The van der Waals surface area contributed by atoms with E-state index in [1.165, 1.54) is 0 Å². The number of piperidine rings is 1. The first-order valence-corrected chi connectivity index (χ1v) is 4.26. The zero-order valence-corrected chi connectivity index (χ0v) is 7.61.